The van der Waals surface area contributed by atoms with E-state index in [9.17, 15) is 13.2 Å². The van der Waals surface area contributed by atoms with E-state index in [1.54, 1.807) is 47.5 Å². The summed E-state index contributed by atoms with van der Waals surface area (Å²) in [6.45, 7) is 2.65. The quantitative estimate of drug-likeness (QED) is 0.751. The van der Waals surface area contributed by atoms with Gasteiger partial charge in [-0.3, -0.25) is 9.52 Å². The minimum Gasteiger partial charge on any atom is -0.353 e. The summed E-state index contributed by atoms with van der Waals surface area (Å²) in [4.78, 5) is 20.6. The van der Waals surface area contributed by atoms with E-state index >= 15 is 0 Å². The van der Waals surface area contributed by atoms with Gasteiger partial charge in [-0.1, -0.05) is 23.7 Å². The molecule has 0 radical (unpaired) electrons. The smallest absolute Gasteiger partial charge is 0.246 e. The highest BCUT2D eigenvalue weighted by molar-refractivity contribution is 7.92. The summed E-state index contributed by atoms with van der Waals surface area (Å²) in [6.07, 6.45) is 5.98. The van der Waals surface area contributed by atoms with Gasteiger partial charge in [0, 0.05) is 44.1 Å². The molecule has 2 aromatic rings. The van der Waals surface area contributed by atoms with Crippen molar-refractivity contribution in [3.63, 3.8) is 0 Å². The van der Waals surface area contributed by atoms with Crippen molar-refractivity contribution in [1.82, 2.24) is 9.88 Å². The third-order valence-electron chi connectivity index (χ3n) is 4.26. The number of amides is 1. The molecule has 148 valence electrons. The maximum atomic E-state index is 12.4. The fraction of sp³-hybridized carbons (Fsp3) is 0.263. The Bertz CT molecular complexity index is 952. The molecule has 1 amide bonds. The maximum Gasteiger partial charge on any atom is 0.246 e. The number of carbonyl (C=O) groups is 1. The van der Waals surface area contributed by atoms with E-state index in [0.29, 0.717) is 36.9 Å². The lowest BCUT2D eigenvalue weighted by atomic mass is 10.2. The van der Waals surface area contributed by atoms with Crippen molar-refractivity contribution in [2.45, 2.75) is 0 Å². The fourth-order valence-electron chi connectivity index (χ4n) is 2.86. The predicted molar refractivity (Wildman–Crippen MR) is 112 cm³/mol. The number of anilines is 2. The Kier molecular flexibility index (Phi) is 6.21. The van der Waals surface area contributed by atoms with E-state index < -0.39 is 10.0 Å². The van der Waals surface area contributed by atoms with E-state index in [-0.39, 0.29) is 5.91 Å². The van der Waals surface area contributed by atoms with Crippen LogP contribution in [0.4, 0.5) is 11.5 Å². The van der Waals surface area contributed by atoms with Gasteiger partial charge in [0.15, 0.2) is 0 Å². The van der Waals surface area contributed by atoms with Crippen molar-refractivity contribution in [2.24, 2.45) is 0 Å². The van der Waals surface area contributed by atoms with Crippen LogP contribution in [0, 0.1) is 0 Å². The summed E-state index contributed by atoms with van der Waals surface area (Å²) in [5, 5.41) is 0.600. The molecule has 0 saturated carbocycles. The highest BCUT2D eigenvalue weighted by Gasteiger charge is 2.20. The molecule has 1 aromatic carbocycles. The SMILES string of the molecule is CS(=O)(=O)Nc1ccc(/C=C/C(=O)N2CCN(c3ccc(Cl)cn3)CC2)cc1. The summed E-state index contributed by atoms with van der Waals surface area (Å²) in [6, 6.07) is 10.5. The van der Waals surface area contributed by atoms with Crippen LogP contribution in [0.15, 0.2) is 48.7 Å². The van der Waals surface area contributed by atoms with Gasteiger partial charge in [-0.15, -0.1) is 0 Å². The van der Waals surface area contributed by atoms with Crippen LogP contribution in [-0.4, -0.2) is 56.6 Å². The number of nitrogens with one attached hydrogen (secondary N) is 1. The maximum absolute atomic E-state index is 12.4. The minimum atomic E-state index is -3.30. The molecule has 1 aliphatic heterocycles. The van der Waals surface area contributed by atoms with Crippen molar-refractivity contribution >= 4 is 45.1 Å². The Morgan fingerprint density at radius 1 is 1.11 bits per heavy atom. The molecule has 1 saturated heterocycles. The molecular weight excluding hydrogens is 400 g/mol. The van der Waals surface area contributed by atoms with Crippen molar-refractivity contribution in [1.29, 1.82) is 0 Å². The van der Waals surface area contributed by atoms with Crippen LogP contribution in [-0.2, 0) is 14.8 Å². The van der Waals surface area contributed by atoms with Crippen molar-refractivity contribution in [3.8, 4) is 0 Å². The first-order valence-electron chi connectivity index (χ1n) is 8.71. The number of nitrogens with zero attached hydrogens (tertiary/aromatic N) is 3. The Morgan fingerprint density at radius 3 is 2.36 bits per heavy atom. The molecule has 0 unspecified atom stereocenters. The number of benzene rings is 1. The molecule has 0 aliphatic carbocycles. The number of halogens is 1. The summed E-state index contributed by atoms with van der Waals surface area (Å²) in [5.74, 6) is 0.803. The molecule has 0 bridgehead atoms. The van der Waals surface area contributed by atoms with E-state index in [2.05, 4.69) is 14.6 Å². The first-order chi connectivity index (χ1) is 13.3. The van der Waals surface area contributed by atoms with Crippen LogP contribution in [0.25, 0.3) is 6.08 Å². The number of hydrogen-bond donors (Lipinski definition) is 1. The summed E-state index contributed by atoms with van der Waals surface area (Å²) >= 11 is 5.87. The minimum absolute atomic E-state index is 0.0537. The highest BCUT2D eigenvalue weighted by Crippen LogP contribution is 2.17. The van der Waals surface area contributed by atoms with Gasteiger partial charge in [-0.2, -0.15) is 0 Å². The summed E-state index contributed by atoms with van der Waals surface area (Å²) < 4.78 is 24.8. The van der Waals surface area contributed by atoms with Crippen LogP contribution in [0.3, 0.4) is 0 Å². The van der Waals surface area contributed by atoms with Crippen molar-refractivity contribution in [3.05, 3.63) is 59.3 Å². The number of pyridine rings is 1. The van der Waals surface area contributed by atoms with Crippen molar-refractivity contribution < 1.29 is 13.2 Å². The Hall–Kier alpha value is -2.58. The van der Waals surface area contributed by atoms with Crippen LogP contribution >= 0.6 is 11.6 Å². The number of piperazine rings is 1. The highest BCUT2D eigenvalue weighted by atomic mass is 35.5. The Morgan fingerprint density at radius 2 is 1.79 bits per heavy atom. The zero-order chi connectivity index (χ0) is 20.1. The summed E-state index contributed by atoms with van der Waals surface area (Å²) in [5.41, 5.74) is 1.30. The van der Waals surface area contributed by atoms with Gasteiger partial charge < -0.3 is 9.80 Å². The lowest BCUT2D eigenvalue weighted by molar-refractivity contribution is -0.126. The standard InChI is InChI=1S/C19H21ClN4O3S/c1-28(26,27)22-17-6-2-15(3-7-17)4-9-19(25)24-12-10-23(11-13-24)18-8-5-16(20)14-21-18/h2-9,14,22H,10-13H2,1H3/b9-4+. The monoisotopic (exact) mass is 420 g/mol. The molecule has 9 heteroatoms. The van der Waals surface area contributed by atoms with Crippen molar-refractivity contribution in [2.75, 3.05) is 42.1 Å². The predicted octanol–water partition coefficient (Wildman–Crippen LogP) is 2.47. The molecule has 1 N–H and O–H groups in total. The van der Waals surface area contributed by atoms with Crippen LogP contribution in [0.5, 0.6) is 0 Å². The zero-order valence-electron chi connectivity index (χ0n) is 15.4. The first-order valence-corrected chi connectivity index (χ1v) is 11.0. The molecule has 1 fully saturated rings. The zero-order valence-corrected chi connectivity index (χ0v) is 16.9. The summed E-state index contributed by atoms with van der Waals surface area (Å²) in [7, 11) is -3.30. The van der Waals surface area contributed by atoms with Gasteiger partial charge in [-0.25, -0.2) is 13.4 Å². The second-order valence-corrected chi connectivity index (χ2v) is 8.66. The van der Waals surface area contributed by atoms with Crippen LogP contribution < -0.4 is 9.62 Å². The molecule has 2 heterocycles. The second-order valence-electron chi connectivity index (χ2n) is 6.48. The molecule has 7 nitrogen and oxygen atoms in total. The Balaban J connectivity index is 1.53. The molecule has 1 aromatic heterocycles. The first kappa shape index (κ1) is 20.2. The van der Waals surface area contributed by atoms with Gasteiger partial charge in [-0.05, 0) is 35.9 Å². The van der Waals surface area contributed by atoms with E-state index in [0.717, 1.165) is 17.6 Å². The third kappa shape index (κ3) is 5.71. The molecular formula is C19H21ClN4O3S. The lowest BCUT2D eigenvalue weighted by Crippen LogP contribution is -2.48. The normalized spacial score (nSPS) is 15.1. The molecule has 1 aliphatic rings. The average Bonchev–Trinajstić information content (AvgIpc) is 2.67. The number of sulfonamides is 1. The van der Waals surface area contributed by atoms with E-state index in [1.165, 1.54) is 6.08 Å². The molecule has 3 rings (SSSR count). The average molecular weight is 421 g/mol. The molecule has 28 heavy (non-hydrogen) atoms. The van der Waals surface area contributed by atoms with E-state index in [4.69, 9.17) is 11.6 Å². The number of rotatable bonds is 5. The van der Waals surface area contributed by atoms with Gasteiger partial charge in [0.25, 0.3) is 0 Å². The van der Waals surface area contributed by atoms with Gasteiger partial charge in [0.1, 0.15) is 5.82 Å². The second kappa shape index (κ2) is 8.62. The number of hydrogen-bond acceptors (Lipinski definition) is 5. The number of aromatic nitrogens is 1. The molecule has 0 atom stereocenters. The van der Waals surface area contributed by atoms with Crippen LogP contribution in [0.2, 0.25) is 5.02 Å². The fourth-order valence-corrected chi connectivity index (χ4v) is 3.54. The van der Waals surface area contributed by atoms with E-state index in [1.807, 2.05) is 6.07 Å². The molecule has 0 spiro atoms. The Labute approximate surface area is 169 Å². The van der Waals surface area contributed by atoms with Gasteiger partial charge in [0.05, 0.1) is 11.3 Å². The van der Waals surface area contributed by atoms with Gasteiger partial charge >= 0.3 is 0 Å². The third-order valence-corrected chi connectivity index (χ3v) is 5.09. The largest absolute Gasteiger partial charge is 0.353 e. The van der Waals surface area contributed by atoms with Crippen LogP contribution in [0.1, 0.15) is 5.56 Å². The number of carbonyl (C=O) groups excluding carboxylic acids is 1. The lowest BCUT2D eigenvalue weighted by Gasteiger charge is -2.34. The van der Waals surface area contributed by atoms with Gasteiger partial charge in [0.2, 0.25) is 15.9 Å². The topological polar surface area (TPSA) is 82.6 Å².